The molecule has 0 spiro atoms. The summed E-state index contributed by atoms with van der Waals surface area (Å²) in [5, 5.41) is 3.58. The molecule has 3 nitrogen and oxygen atoms in total. The van der Waals surface area contributed by atoms with Gasteiger partial charge < -0.3 is 10.1 Å². The zero-order chi connectivity index (χ0) is 15.2. The maximum Gasteiger partial charge on any atom is 0.123 e. The first-order chi connectivity index (χ1) is 10.1. The fraction of sp³-hybridized carbons (Fsp3) is 0.667. The SMILES string of the molecule is CCNC1CCC(N(C)Cc2cc(C)ccc2OC)CC1. The predicted molar refractivity (Wildman–Crippen MR) is 88.9 cm³/mol. The summed E-state index contributed by atoms with van der Waals surface area (Å²) in [6.07, 6.45) is 5.19. The molecule has 2 rings (SSSR count). The molecule has 0 bridgehead atoms. The predicted octanol–water partition coefficient (Wildman–Crippen LogP) is 3.36. The molecule has 1 aromatic rings. The van der Waals surface area contributed by atoms with Gasteiger partial charge in [0, 0.05) is 24.2 Å². The van der Waals surface area contributed by atoms with Gasteiger partial charge in [-0.1, -0.05) is 24.6 Å². The van der Waals surface area contributed by atoms with Crippen molar-refractivity contribution in [2.75, 3.05) is 20.7 Å². The molecule has 0 radical (unpaired) electrons. The summed E-state index contributed by atoms with van der Waals surface area (Å²) in [5.41, 5.74) is 2.60. The van der Waals surface area contributed by atoms with E-state index in [1.807, 2.05) is 0 Å². The van der Waals surface area contributed by atoms with Crippen LogP contribution in [0, 0.1) is 6.92 Å². The Morgan fingerprint density at radius 3 is 2.57 bits per heavy atom. The van der Waals surface area contributed by atoms with E-state index in [9.17, 15) is 0 Å². The summed E-state index contributed by atoms with van der Waals surface area (Å²) in [5.74, 6) is 1.01. The highest BCUT2D eigenvalue weighted by Crippen LogP contribution is 2.26. The molecule has 1 aliphatic rings. The Morgan fingerprint density at radius 1 is 1.24 bits per heavy atom. The number of nitrogens with one attached hydrogen (secondary N) is 1. The van der Waals surface area contributed by atoms with Crippen LogP contribution in [-0.4, -0.2) is 37.7 Å². The van der Waals surface area contributed by atoms with E-state index in [0.717, 1.165) is 24.9 Å². The van der Waals surface area contributed by atoms with Crippen LogP contribution in [0.4, 0.5) is 0 Å². The van der Waals surface area contributed by atoms with Crippen LogP contribution in [0.25, 0.3) is 0 Å². The average Bonchev–Trinajstić information content (AvgIpc) is 2.48. The molecule has 1 saturated carbocycles. The van der Waals surface area contributed by atoms with E-state index >= 15 is 0 Å². The highest BCUT2D eigenvalue weighted by molar-refractivity contribution is 5.36. The molecule has 0 saturated heterocycles. The average molecular weight is 290 g/mol. The lowest BCUT2D eigenvalue weighted by molar-refractivity contribution is 0.167. The Kier molecular flexibility index (Phi) is 6.07. The van der Waals surface area contributed by atoms with Crippen molar-refractivity contribution in [1.82, 2.24) is 10.2 Å². The fourth-order valence-electron chi connectivity index (χ4n) is 3.44. The second kappa shape index (κ2) is 7.81. The maximum absolute atomic E-state index is 5.50. The highest BCUT2D eigenvalue weighted by atomic mass is 16.5. The summed E-state index contributed by atoms with van der Waals surface area (Å²) in [4.78, 5) is 2.50. The number of rotatable bonds is 6. The van der Waals surface area contributed by atoms with Gasteiger partial charge in [0.1, 0.15) is 5.75 Å². The topological polar surface area (TPSA) is 24.5 Å². The zero-order valence-electron chi connectivity index (χ0n) is 14.0. The molecule has 1 aromatic carbocycles. The molecule has 3 heteroatoms. The van der Waals surface area contributed by atoms with Gasteiger partial charge in [-0.3, -0.25) is 4.90 Å². The lowest BCUT2D eigenvalue weighted by Crippen LogP contribution is -2.40. The van der Waals surface area contributed by atoms with Crippen LogP contribution in [0.3, 0.4) is 0 Å². The number of hydrogen-bond acceptors (Lipinski definition) is 3. The summed E-state index contributed by atoms with van der Waals surface area (Å²) < 4.78 is 5.50. The van der Waals surface area contributed by atoms with E-state index < -0.39 is 0 Å². The van der Waals surface area contributed by atoms with E-state index in [1.54, 1.807) is 7.11 Å². The monoisotopic (exact) mass is 290 g/mol. The lowest BCUT2D eigenvalue weighted by atomic mass is 9.90. The standard InChI is InChI=1S/C18H30N2O/c1-5-19-16-7-9-17(10-8-16)20(3)13-15-12-14(2)6-11-18(15)21-4/h6,11-12,16-17,19H,5,7-10,13H2,1-4H3. The number of ether oxygens (including phenoxy) is 1. The summed E-state index contributed by atoms with van der Waals surface area (Å²) in [6, 6.07) is 7.88. The van der Waals surface area contributed by atoms with E-state index in [4.69, 9.17) is 4.74 Å². The third kappa shape index (κ3) is 4.45. The Bertz CT molecular complexity index is 439. The van der Waals surface area contributed by atoms with Crippen LogP contribution in [0.15, 0.2) is 18.2 Å². The van der Waals surface area contributed by atoms with Crippen LogP contribution >= 0.6 is 0 Å². The summed E-state index contributed by atoms with van der Waals surface area (Å²) in [7, 11) is 4.01. The maximum atomic E-state index is 5.50. The van der Waals surface area contributed by atoms with Crippen molar-refractivity contribution in [3.63, 3.8) is 0 Å². The van der Waals surface area contributed by atoms with E-state index in [-0.39, 0.29) is 0 Å². The quantitative estimate of drug-likeness (QED) is 0.869. The largest absolute Gasteiger partial charge is 0.496 e. The third-order valence-electron chi connectivity index (χ3n) is 4.67. The smallest absolute Gasteiger partial charge is 0.123 e. The van der Waals surface area contributed by atoms with Crippen LogP contribution in [-0.2, 0) is 6.54 Å². The minimum Gasteiger partial charge on any atom is -0.496 e. The van der Waals surface area contributed by atoms with Crippen molar-refractivity contribution >= 4 is 0 Å². The van der Waals surface area contributed by atoms with Gasteiger partial charge in [0.05, 0.1) is 7.11 Å². The number of aryl methyl sites for hydroxylation is 1. The second-order valence-electron chi connectivity index (χ2n) is 6.29. The second-order valence-corrected chi connectivity index (χ2v) is 6.29. The Hall–Kier alpha value is -1.06. The zero-order valence-corrected chi connectivity index (χ0v) is 14.0. The van der Waals surface area contributed by atoms with Crippen molar-refractivity contribution in [1.29, 1.82) is 0 Å². The van der Waals surface area contributed by atoms with Crippen molar-refractivity contribution < 1.29 is 4.74 Å². The minimum atomic E-state index is 0.699. The third-order valence-corrected chi connectivity index (χ3v) is 4.67. The van der Waals surface area contributed by atoms with E-state index in [0.29, 0.717) is 6.04 Å². The summed E-state index contributed by atoms with van der Waals surface area (Å²) in [6.45, 7) is 6.40. The molecule has 0 aliphatic heterocycles. The van der Waals surface area contributed by atoms with Gasteiger partial charge >= 0.3 is 0 Å². The Morgan fingerprint density at radius 2 is 1.95 bits per heavy atom. The normalized spacial score (nSPS) is 22.5. The molecule has 0 unspecified atom stereocenters. The first-order valence-electron chi connectivity index (χ1n) is 8.21. The highest BCUT2D eigenvalue weighted by Gasteiger charge is 2.23. The van der Waals surface area contributed by atoms with E-state index in [1.165, 1.54) is 36.8 Å². The minimum absolute atomic E-state index is 0.699. The van der Waals surface area contributed by atoms with Crippen LogP contribution in [0.5, 0.6) is 5.75 Å². The molecule has 21 heavy (non-hydrogen) atoms. The van der Waals surface area contributed by atoms with Crippen molar-refractivity contribution in [2.24, 2.45) is 0 Å². The van der Waals surface area contributed by atoms with Gasteiger partial charge in [0.15, 0.2) is 0 Å². The Balaban J connectivity index is 1.93. The van der Waals surface area contributed by atoms with Crippen LogP contribution in [0.1, 0.15) is 43.7 Å². The van der Waals surface area contributed by atoms with Gasteiger partial charge in [-0.05, 0) is 52.3 Å². The van der Waals surface area contributed by atoms with Gasteiger partial charge in [0.25, 0.3) is 0 Å². The van der Waals surface area contributed by atoms with Crippen molar-refractivity contribution in [2.45, 2.75) is 58.2 Å². The molecular weight excluding hydrogens is 260 g/mol. The van der Waals surface area contributed by atoms with Gasteiger partial charge in [-0.15, -0.1) is 0 Å². The van der Waals surface area contributed by atoms with Crippen molar-refractivity contribution in [3.8, 4) is 5.75 Å². The Labute approximate surface area is 129 Å². The van der Waals surface area contributed by atoms with Gasteiger partial charge in [0.2, 0.25) is 0 Å². The van der Waals surface area contributed by atoms with E-state index in [2.05, 4.69) is 49.3 Å². The number of nitrogens with zero attached hydrogens (tertiary/aromatic N) is 1. The molecule has 0 aromatic heterocycles. The first kappa shape index (κ1) is 16.3. The molecule has 0 atom stereocenters. The molecule has 0 amide bonds. The molecular formula is C18H30N2O. The van der Waals surface area contributed by atoms with Crippen LogP contribution < -0.4 is 10.1 Å². The van der Waals surface area contributed by atoms with Gasteiger partial charge in [-0.25, -0.2) is 0 Å². The molecule has 118 valence electrons. The first-order valence-corrected chi connectivity index (χ1v) is 8.21. The number of methoxy groups -OCH3 is 1. The fourth-order valence-corrected chi connectivity index (χ4v) is 3.44. The number of hydrogen-bond donors (Lipinski definition) is 1. The van der Waals surface area contributed by atoms with Crippen LogP contribution in [0.2, 0.25) is 0 Å². The molecule has 1 aliphatic carbocycles. The lowest BCUT2D eigenvalue weighted by Gasteiger charge is -2.35. The molecule has 1 fully saturated rings. The molecule has 1 N–H and O–H groups in total. The number of benzene rings is 1. The molecule has 0 heterocycles. The summed E-state index contributed by atoms with van der Waals surface area (Å²) >= 11 is 0. The van der Waals surface area contributed by atoms with Crippen molar-refractivity contribution in [3.05, 3.63) is 29.3 Å². The van der Waals surface area contributed by atoms with Gasteiger partial charge in [-0.2, -0.15) is 0 Å².